The molecule has 10 aliphatic carbocycles. The average molecular weight is 1370 g/mol. The molecule has 2 amide bonds. The molecule has 12 rings (SSSR count). The number of rotatable bonds is 5. The van der Waals surface area contributed by atoms with Gasteiger partial charge >= 0.3 is 41.7 Å². The Balaban J connectivity index is 0.000000227. The van der Waals surface area contributed by atoms with E-state index in [-0.39, 0.29) is 126 Å². The summed E-state index contributed by atoms with van der Waals surface area (Å²) in [6.45, 7) is 60.2. The van der Waals surface area contributed by atoms with Crippen LogP contribution in [0.2, 0.25) is 0 Å². The second kappa shape index (κ2) is 27.5. The zero-order chi connectivity index (χ0) is 71.2. The fourth-order valence-electron chi connectivity index (χ4n) is 26.5. The number of ether oxygens (including phenoxy) is 3. The van der Waals surface area contributed by atoms with Gasteiger partial charge in [-0.05, 0) is 299 Å². The molecule has 12 heteroatoms. The van der Waals surface area contributed by atoms with Crippen molar-refractivity contribution in [3.63, 3.8) is 0 Å². The zero-order valence-corrected chi connectivity index (χ0v) is 67.9. The van der Waals surface area contributed by atoms with Crippen LogP contribution in [-0.2, 0) is 14.2 Å². The van der Waals surface area contributed by atoms with Gasteiger partial charge in [0.25, 0.3) is 0 Å². The maximum atomic E-state index is 13.0. The van der Waals surface area contributed by atoms with Crippen LogP contribution in [-0.4, -0.2) is 99.5 Å². The minimum Gasteiger partial charge on any atom is -0.870 e. The van der Waals surface area contributed by atoms with E-state index in [9.17, 15) is 24.9 Å². The number of aliphatic hydroxyl groups is 3. The maximum Gasteiger partial charge on any atom is 1.00 e. The van der Waals surface area contributed by atoms with Crippen LogP contribution in [0.25, 0.3) is 0 Å². The van der Waals surface area contributed by atoms with E-state index in [4.69, 9.17) is 14.2 Å². The second-order valence-electron chi connectivity index (χ2n) is 39.2. The molecule has 0 saturated heterocycles. The molecule has 0 aromatic carbocycles. The van der Waals surface area contributed by atoms with Crippen LogP contribution < -0.4 is 29.6 Å². The number of hydrogen-bond acceptors (Lipinski definition) is 9. The summed E-state index contributed by atoms with van der Waals surface area (Å²) in [5.74, 6) is 21.7. The zero-order valence-electron chi connectivity index (χ0n) is 65.9. The van der Waals surface area contributed by atoms with Crippen LogP contribution in [0.5, 0.6) is 0 Å². The van der Waals surface area contributed by atoms with Gasteiger partial charge < -0.3 is 44.8 Å². The number of methoxy groups -OCH3 is 1. The summed E-state index contributed by atoms with van der Waals surface area (Å²) in [5.41, 5.74) is 6.55. The number of hydrogen-bond donors (Lipinski definition) is 3. The summed E-state index contributed by atoms with van der Waals surface area (Å²) in [7, 11) is 1.65. The van der Waals surface area contributed by atoms with Gasteiger partial charge in [-0.3, -0.25) is 0 Å². The fraction of sp³-hybridized carbons (Fsp3) is 0.793. The first-order valence-electron chi connectivity index (χ1n) is 38.7. The quantitative estimate of drug-likeness (QED) is 0.105. The third kappa shape index (κ3) is 13.1. The molecule has 12 aliphatic rings. The molecule has 10 fully saturated rings. The summed E-state index contributed by atoms with van der Waals surface area (Å²) in [6.07, 6.45) is 23.8. The first-order valence-corrected chi connectivity index (χ1v) is 38.7. The van der Waals surface area contributed by atoms with Crippen LogP contribution in [0, 0.1) is 137 Å². The molecule has 0 spiro atoms. The van der Waals surface area contributed by atoms with E-state index in [0.29, 0.717) is 103 Å². The Morgan fingerprint density at radius 3 is 1.22 bits per heavy atom. The van der Waals surface area contributed by atoms with Crippen molar-refractivity contribution in [1.82, 2.24) is 9.80 Å². The normalized spacial score (nSPS) is 42.3. The number of carbonyl (C=O) groups is 2. The SMILES string of the molecule is C=C(O)C1=C(C#C[C@]23CC[C@@H](C(=C)C)C2C2CCC4[C@@]5(C)CC[C@H](O)C(C)(C)C5CC[C@@]4(C)[C@]2(C)CC3)CCN(C(=O)OC(C)(C)C)C1.C=C(OC)C1=C(C#C[C@]23CC[C@@H](C(=C)C)C2C2CCC4[C@@]5(C)CC[C@H](O)C(C)(C)C5CC[C@@]4(C)[C@]2(C)CC3)CCN(C(=O)OC(C)(C)C)C1.[Na+].[OH-]. The van der Waals surface area contributed by atoms with Gasteiger partial charge in [0.05, 0.1) is 32.4 Å². The van der Waals surface area contributed by atoms with E-state index < -0.39 is 11.2 Å². The minimum atomic E-state index is -0.577. The maximum absolute atomic E-state index is 13.0. The van der Waals surface area contributed by atoms with Crippen LogP contribution in [0.4, 0.5) is 9.59 Å². The third-order valence-corrected chi connectivity index (χ3v) is 31.9. The molecule has 8 unspecified atom stereocenters. The van der Waals surface area contributed by atoms with Gasteiger partial charge in [0.1, 0.15) is 22.7 Å². The molecule has 2 heterocycles. The minimum absolute atomic E-state index is 0. The summed E-state index contributed by atoms with van der Waals surface area (Å²) in [6, 6.07) is 0. The molecular weight excluding hydrogens is 1240 g/mol. The Labute approximate surface area is 622 Å². The van der Waals surface area contributed by atoms with Gasteiger partial charge in [-0.2, -0.15) is 0 Å². The van der Waals surface area contributed by atoms with Crippen LogP contribution in [0.1, 0.15) is 266 Å². The van der Waals surface area contributed by atoms with E-state index in [1.165, 1.54) is 81.8 Å². The van der Waals surface area contributed by atoms with Crippen molar-refractivity contribution in [1.29, 1.82) is 0 Å². The van der Waals surface area contributed by atoms with Gasteiger partial charge in [0.2, 0.25) is 0 Å². The van der Waals surface area contributed by atoms with Crippen molar-refractivity contribution in [2.24, 2.45) is 113 Å². The molecule has 2 aliphatic heterocycles. The molecule has 0 aromatic rings. The van der Waals surface area contributed by atoms with Crippen molar-refractivity contribution in [2.75, 3.05) is 33.3 Å². The van der Waals surface area contributed by atoms with Gasteiger partial charge in [-0.15, -0.1) is 0 Å². The summed E-state index contributed by atoms with van der Waals surface area (Å²) < 4.78 is 17.0. The molecule has 0 bridgehead atoms. The van der Waals surface area contributed by atoms with E-state index >= 15 is 0 Å². The average Bonchev–Trinajstić information content (AvgIpc) is 1.59. The fourth-order valence-corrected chi connectivity index (χ4v) is 26.5. The van der Waals surface area contributed by atoms with Gasteiger partial charge in [0, 0.05) is 46.2 Å². The van der Waals surface area contributed by atoms with Gasteiger partial charge in [0.15, 0.2) is 0 Å². The summed E-state index contributed by atoms with van der Waals surface area (Å²) in [4.78, 5) is 29.3. The van der Waals surface area contributed by atoms with Crippen molar-refractivity contribution in [3.05, 3.63) is 71.3 Å². The smallest absolute Gasteiger partial charge is 0.870 e. The molecule has 0 radical (unpaired) electrons. The molecule has 0 aromatic heterocycles. The van der Waals surface area contributed by atoms with Crippen molar-refractivity contribution in [3.8, 4) is 23.7 Å². The number of carbonyl (C=O) groups excluding carboxylic acids is 2. The van der Waals surface area contributed by atoms with Crippen molar-refractivity contribution >= 4 is 12.2 Å². The number of amides is 2. The molecule has 99 heavy (non-hydrogen) atoms. The molecule has 10 saturated carbocycles. The first-order chi connectivity index (χ1) is 44.9. The van der Waals surface area contributed by atoms with Gasteiger partial charge in [-0.1, -0.05) is 130 Å². The van der Waals surface area contributed by atoms with Crippen molar-refractivity contribution in [2.45, 2.75) is 289 Å². The van der Waals surface area contributed by atoms with E-state index in [0.717, 1.165) is 74.5 Å². The Morgan fingerprint density at radius 2 is 0.869 bits per heavy atom. The Bertz CT molecular complexity index is 3380. The van der Waals surface area contributed by atoms with E-state index in [1.54, 1.807) is 16.9 Å². The predicted octanol–water partition coefficient (Wildman–Crippen LogP) is 17.0. The van der Waals surface area contributed by atoms with Crippen molar-refractivity contribution < 1.29 is 74.2 Å². The monoisotopic (exact) mass is 1370 g/mol. The van der Waals surface area contributed by atoms with Crippen LogP contribution in [0.15, 0.2) is 71.3 Å². The standard InChI is InChI=1S/C44H67NO4.C43H65NO4.Na.H2O/c1-28(2)31-16-23-44(22-15-30-19-26-45(27-32(30)29(3)48-12)38(47)49-39(4,5)6)25-24-42(10)33(37(31)44)13-14-35-41(9)20-18-36(46)40(7,8)34(41)17-21-43(35,42)11;1-27(2)30-15-22-43(21-14-29-18-25-44(26-31(29)28(3)45)37(47)48-38(4,5)6)24-23-41(10)32(36(30)43)12-13-34-40(9)19-17-35(46)39(7,8)33(40)16-20-42(34,41)11;;/h31,33-37,46H,1,3,13-14,16-21,23-27H2,2,4-12H3;30,32-36,45-46H,1,3,12-13,15-20,22-26H2,2,4-11H3;;1H2/q;;+1;/p-1/t31-,33?,34?,35?,36-,37?,41-,42+,43+,44+;30-,32?,33?,34?,35-,36?,40-,41+,42+,43+;;/m00../s1. The summed E-state index contributed by atoms with van der Waals surface area (Å²) >= 11 is 0. The number of fused-ring (bicyclic) bond motifs is 14. The number of allylic oxidation sites excluding steroid dienone is 2. The van der Waals surface area contributed by atoms with Gasteiger partial charge in [-0.25, -0.2) is 9.59 Å². The van der Waals surface area contributed by atoms with E-state index in [2.05, 4.69) is 133 Å². The van der Waals surface area contributed by atoms with Crippen LogP contribution >= 0.6 is 0 Å². The third-order valence-electron chi connectivity index (χ3n) is 31.9. The molecule has 20 atom stereocenters. The molecular formula is C87H133N2NaO9. The number of nitrogens with zero attached hydrogens (tertiary/aromatic N) is 2. The molecule has 4 N–H and O–H groups in total. The molecule has 546 valence electrons. The van der Waals surface area contributed by atoms with E-state index in [1.807, 2.05) is 41.5 Å². The summed E-state index contributed by atoms with van der Waals surface area (Å²) in [5, 5.41) is 32.9. The largest absolute Gasteiger partial charge is 1.00 e. The number of aliphatic hydroxyl groups excluding tert-OH is 3. The second-order valence-corrected chi connectivity index (χ2v) is 39.2. The Hall–Kier alpha value is -3.42. The molecule has 11 nitrogen and oxygen atoms in total. The topological polar surface area (TPSA) is 159 Å². The Morgan fingerprint density at radius 1 is 0.495 bits per heavy atom. The first kappa shape index (κ1) is 79.7. The predicted molar refractivity (Wildman–Crippen MR) is 394 cm³/mol. The van der Waals surface area contributed by atoms with Crippen LogP contribution in [0.3, 0.4) is 0 Å². The Kier molecular flexibility index (Phi) is 22.1.